The van der Waals surface area contributed by atoms with Gasteiger partial charge in [-0.05, 0) is 51.4 Å². The Morgan fingerprint density at radius 2 is 1.67 bits per heavy atom. The van der Waals surface area contributed by atoms with Crippen LogP contribution >= 0.6 is 0 Å². The Labute approximate surface area is 123 Å². The largest absolute Gasteiger partial charge is 0.334 e. The maximum atomic E-state index is 13.3. The molecule has 3 rings (SSSR count). The SMILES string of the molecule is CN1CCCC1C1CCCN1C(=O)c1cc(F)cc(F)c1. The average Bonchev–Trinajstić information content (AvgIpc) is 3.04. The fourth-order valence-electron chi connectivity index (χ4n) is 3.71. The van der Waals surface area contributed by atoms with Crippen molar-refractivity contribution in [1.29, 1.82) is 0 Å². The van der Waals surface area contributed by atoms with Crippen molar-refractivity contribution < 1.29 is 13.6 Å². The minimum Gasteiger partial charge on any atom is -0.334 e. The van der Waals surface area contributed by atoms with E-state index in [1.165, 1.54) is 0 Å². The molecule has 2 aliphatic heterocycles. The number of hydrogen-bond donors (Lipinski definition) is 0. The number of carbonyl (C=O) groups is 1. The van der Waals surface area contributed by atoms with E-state index in [1.54, 1.807) is 4.90 Å². The first-order valence-electron chi connectivity index (χ1n) is 7.53. The van der Waals surface area contributed by atoms with Crippen LogP contribution in [0.2, 0.25) is 0 Å². The Balaban J connectivity index is 1.82. The summed E-state index contributed by atoms with van der Waals surface area (Å²) in [6.45, 7) is 1.73. The number of benzene rings is 1. The molecule has 2 aliphatic rings. The van der Waals surface area contributed by atoms with E-state index in [2.05, 4.69) is 11.9 Å². The van der Waals surface area contributed by atoms with Crippen LogP contribution in [0.15, 0.2) is 18.2 Å². The first-order chi connectivity index (χ1) is 10.1. The van der Waals surface area contributed by atoms with E-state index >= 15 is 0 Å². The second-order valence-electron chi connectivity index (χ2n) is 6.06. The molecule has 114 valence electrons. The molecule has 2 saturated heterocycles. The maximum absolute atomic E-state index is 13.3. The molecule has 2 fully saturated rings. The Morgan fingerprint density at radius 1 is 1.05 bits per heavy atom. The minimum absolute atomic E-state index is 0.111. The van der Waals surface area contributed by atoms with Gasteiger partial charge in [-0.1, -0.05) is 0 Å². The van der Waals surface area contributed by atoms with Gasteiger partial charge in [0.05, 0.1) is 0 Å². The third-order valence-corrected chi connectivity index (χ3v) is 4.69. The van der Waals surface area contributed by atoms with Gasteiger partial charge in [-0.15, -0.1) is 0 Å². The summed E-state index contributed by atoms with van der Waals surface area (Å²) >= 11 is 0. The van der Waals surface area contributed by atoms with Gasteiger partial charge in [-0.3, -0.25) is 4.79 Å². The molecule has 1 aromatic rings. The van der Waals surface area contributed by atoms with E-state index in [-0.39, 0.29) is 17.5 Å². The lowest BCUT2D eigenvalue weighted by atomic mass is 10.0. The van der Waals surface area contributed by atoms with Crippen molar-refractivity contribution in [2.75, 3.05) is 20.1 Å². The number of hydrogen-bond acceptors (Lipinski definition) is 2. The predicted octanol–water partition coefficient (Wildman–Crippen LogP) is 2.66. The highest BCUT2D eigenvalue weighted by Gasteiger charge is 2.38. The molecular weight excluding hydrogens is 274 g/mol. The topological polar surface area (TPSA) is 23.6 Å². The van der Waals surface area contributed by atoms with Gasteiger partial charge in [0.1, 0.15) is 11.6 Å². The highest BCUT2D eigenvalue weighted by molar-refractivity contribution is 5.94. The van der Waals surface area contributed by atoms with Crippen LogP contribution in [-0.4, -0.2) is 47.9 Å². The zero-order chi connectivity index (χ0) is 15.0. The summed E-state index contributed by atoms with van der Waals surface area (Å²) in [5, 5.41) is 0. The van der Waals surface area contributed by atoms with Crippen molar-refractivity contribution in [2.45, 2.75) is 37.8 Å². The van der Waals surface area contributed by atoms with Crippen molar-refractivity contribution in [3.8, 4) is 0 Å². The second kappa shape index (κ2) is 5.72. The molecule has 0 bridgehead atoms. The number of likely N-dealkylation sites (N-methyl/N-ethyl adjacent to an activating group) is 1. The Hall–Kier alpha value is -1.49. The number of nitrogens with zero attached hydrogens (tertiary/aromatic N) is 2. The summed E-state index contributed by atoms with van der Waals surface area (Å²) in [6.07, 6.45) is 4.16. The lowest BCUT2D eigenvalue weighted by Gasteiger charge is -2.33. The molecule has 0 saturated carbocycles. The van der Waals surface area contributed by atoms with Crippen LogP contribution in [-0.2, 0) is 0 Å². The fraction of sp³-hybridized carbons (Fsp3) is 0.562. The van der Waals surface area contributed by atoms with Crippen LogP contribution in [0.3, 0.4) is 0 Å². The van der Waals surface area contributed by atoms with Gasteiger partial charge in [0.15, 0.2) is 0 Å². The highest BCUT2D eigenvalue weighted by Crippen LogP contribution is 2.30. The molecule has 2 unspecified atom stereocenters. The van der Waals surface area contributed by atoms with Gasteiger partial charge in [0.2, 0.25) is 0 Å². The number of amides is 1. The normalized spacial score (nSPS) is 26.5. The number of likely N-dealkylation sites (tertiary alicyclic amines) is 2. The van der Waals surface area contributed by atoms with E-state index in [0.29, 0.717) is 12.6 Å². The van der Waals surface area contributed by atoms with Crippen molar-refractivity contribution in [3.05, 3.63) is 35.4 Å². The zero-order valence-corrected chi connectivity index (χ0v) is 12.2. The van der Waals surface area contributed by atoms with E-state index in [9.17, 15) is 13.6 Å². The molecule has 0 aromatic heterocycles. The number of halogens is 2. The van der Waals surface area contributed by atoms with Gasteiger partial charge < -0.3 is 9.80 Å². The van der Waals surface area contributed by atoms with Crippen molar-refractivity contribution in [3.63, 3.8) is 0 Å². The minimum atomic E-state index is -0.702. The van der Waals surface area contributed by atoms with Gasteiger partial charge in [-0.2, -0.15) is 0 Å². The third kappa shape index (κ3) is 2.79. The molecule has 21 heavy (non-hydrogen) atoms. The summed E-state index contributed by atoms with van der Waals surface area (Å²) in [4.78, 5) is 16.7. The quantitative estimate of drug-likeness (QED) is 0.837. The van der Waals surface area contributed by atoms with Crippen molar-refractivity contribution >= 4 is 5.91 Å². The summed E-state index contributed by atoms with van der Waals surface area (Å²) in [5.41, 5.74) is 0.111. The highest BCUT2D eigenvalue weighted by atomic mass is 19.1. The van der Waals surface area contributed by atoms with Gasteiger partial charge in [0.25, 0.3) is 5.91 Å². The standard InChI is InChI=1S/C16H20F2N2O/c1-19-6-2-4-14(19)15-5-3-7-20(15)16(21)11-8-12(17)10-13(18)9-11/h8-10,14-15H,2-7H2,1H3. The van der Waals surface area contributed by atoms with Crippen LogP contribution in [0.25, 0.3) is 0 Å². The number of carbonyl (C=O) groups excluding carboxylic acids is 1. The molecular formula is C16H20F2N2O. The van der Waals surface area contributed by atoms with E-state index in [0.717, 1.165) is 50.4 Å². The Bertz CT molecular complexity index is 529. The van der Waals surface area contributed by atoms with E-state index < -0.39 is 11.6 Å². The first kappa shape index (κ1) is 14.4. The molecule has 0 aliphatic carbocycles. The van der Waals surface area contributed by atoms with Crippen molar-refractivity contribution in [2.24, 2.45) is 0 Å². The third-order valence-electron chi connectivity index (χ3n) is 4.69. The van der Waals surface area contributed by atoms with Gasteiger partial charge >= 0.3 is 0 Å². The molecule has 3 nitrogen and oxygen atoms in total. The molecule has 1 amide bonds. The summed E-state index contributed by atoms with van der Waals surface area (Å²) in [7, 11) is 2.08. The summed E-state index contributed by atoms with van der Waals surface area (Å²) in [6, 6.07) is 3.58. The second-order valence-corrected chi connectivity index (χ2v) is 6.06. The predicted molar refractivity (Wildman–Crippen MR) is 76.1 cm³/mol. The molecule has 0 N–H and O–H groups in total. The monoisotopic (exact) mass is 294 g/mol. The van der Waals surface area contributed by atoms with E-state index in [1.807, 2.05) is 0 Å². The molecule has 2 heterocycles. The van der Waals surface area contributed by atoms with Gasteiger partial charge in [-0.25, -0.2) is 8.78 Å². The molecule has 0 radical (unpaired) electrons. The van der Waals surface area contributed by atoms with Crippen LogP contribution in [0.5, 0.6) is 0 Å². The van der Waals surface area contributed by atoms with Crippen molar-refractivity contribution in [1.82, 2.24) is 9.80 Å². The zero-order valence-electron chi connectivity index (χ0n) is 12.2. The Kier molecular flexibility index (Phi) is 3.93. The average molecular weight is 294 g/mol. The molecule has 2 atom stereocenters. The number of rotatable bonds is 2. The summed E-state index contributed by atoms with van der Waals surface area (Å²) in [5.74, 6) is -1.66. The van der Waals surface area contributed by atoms with Crippen LogP contribution in [0.4, 0.5) is 8.78 Å². The van der Waals surface area contributed by atoms with Crippen LogP contribution in [0, 0.1) is 11.6 Å². The lowest BCUT2D eigenvalue weighted by molar-refractivity contribution is 0.0663. The fourth-order valence-corrected chi connectivity index (χ4v) is 3.71. The first-order valence-corrected chi connectivity index (χ1v) is 7.53. The van der Waals surface area contributed by atoms with Gasteiger partial charge in [0, 0.05) is 30.3 Å². The maximum Gasteiger partial charge on any atom is 0.254 e. The Morgan fingerprint density at radius 3 is 2.29 bits per heavy atom. The van der Waals surface area contributed by atoms with Crippen LogP contribution < -0.4 is 0 Å². The smallest absolute Gasteiger partial charge is 0.254 e. The summed E-state index contributed by atoms with van der Waals surface area (Å²) < 4.78 is 26.6. The molecule has 0 spiro atoms. The lowest BCUT2D eigenvalue weighted by Crippen LogP contribution is -2.47. The van der Waals surface area contributed by atoms with Crippen LogP contribution in [0.1, 0.15) is 36.0 Å². The molecule has 1 aromatic carbocycles. The van der Waals surface area contributed by atoms with E-state index in [4.69, 9.17) is 0 Å². The molecule has 5 heteroatoms.